The molecule has 1 amide bonds. The number of nitrogens with one attached hydrogen (secondary N) is 2. The molecule has 0 aliphatic heterocycles. The molecule has 5 rings (SSSR count). The predicted octanol–water partition coefficient (Wildman–Crippen LogP) is 3.57. The summed E-state index contributed by atoms with van der Waals surface area (Å²) in [6.45, 7) is 1.57. The van der Waals surface area contributed by atoms with Crippen LogP contribution >= 0.6 is 0 Å². The highest BCUT2D eigenvalue weighted by atomic mass is 16.5. The van der Waals surface area contributed by atoms with E-state index < -0.39 is 0 Å². The normalized spacial score (nSPS) is 10.9. The molecular weight excluding hydrogens is 430 g/mol. The average molecular weight is 454 g/mol. The van der Waals surface area contributed by atoms with Gasteiger partial charge >= 0.3 is 0 Å². The Bertz CT molecular complexity index is 1380. The Hall–Kier alpha value is -4.53. The summed E-state index contributed by atoms with van der Waals surface area (Å²) < 4.78 is 7.05. The van der Waals surface area contributed by atoms with Gasteiger partial charge in [-0.3, -0.25) is 4.79 Å². The third kappa shape index (κ3) is 4.78. The van der Waals surface area contributed by atoms with E-state index in [2.05, 4.69) is 43.0 Å². The molecule has 9 nitrogen and oxygen atoms in total. The highest BCUT2D eigenvalue weighted by Crippen LogP contribution is 2.20. The Morgan fingerprint density at radius 2 is 1.76 bits per heavy atom. The summed E-state index contributed by atoms with van der Waals surface area (Å²) in [5.41, 5.74) is 3.07. The van der Waals surface area contributed by atoms with Crippen LogP contribution in [0.5, 0.6) is 0 Å². The van der Waals surface area contributed by atoms with Crippen molar-refractivity contribution in [2.24, 2.45) is 0 Å². The lowest BCUT2D eigenvalue weighted by molar-refractivity contribution is 0.0943. The number of fused-ring (bicyclic) bond motifs is 1. The van der Waals surface area contributed by atoms with Gasteiger partial charge in [-0.15, -0.1) is 0 Å². The molecule has 2 N–H and O–H groups in total. The molecule has 0 atom stereocenters. The molecule has 2 aromatic carbocycles. The third-order valence-electron chi connectivity index (χ3n) is 5.39. The summed E-state index contributed by atoms with van der Waals surface area (Å²) in [5, 5.41) is 15.4. The lowest BCUT2D eigenvalue weighted by Crippen LogP contribution is -2.27. The first kappa shape index (κ1) is 21.3. The minimum Gasteiger partial charge on any atom is -0.369 e. The molecule has 0 bridgehead atoms. The smallest absolute Gasteiger partial charge is 0.273 e. The molecule has 9 heteroatoms. The summed E-state index contributed by atoms with van der Waals surface area (Å²) >= 11 is 0. The summed E-state index contributed by atoms with van der Waals surface area (Å²) in [5.74, 6) is 0.986. The molecule has 0 saturated carbocycles. The van der Waals surface area contributed by atoms with Crippen molar-refractivity contribution in [3.63, 3.8) is 0 Å². The van der Waals surface area contributed by atoms with Crippen molar-refractivity contribution in [3.8, 4) is 11.3 Å². The van der Waals surface area contributed by atoms with Crippen LogP contribution in [0.2, 0.25) is 0 Å². The van der Waals surface area contributed by atoms with Gasteiger partial charge in [0.15, 0.2) is 17.1 Å². The second-order valence-electron chi connectivity index (χ2n) is 7.69. The zero-order valence-corrected chi connectivity index (χ0v) is 18.4. The van der Waals surface area contributed by atoms with Crippen LogP contribution in [0.15, 0.2) is 83.8 Å². The van der Waals surface area contributed by atoms with Gasteiger partial charge in [0.05, 0.1) is 18.1 Å². The van der Waals surface area contributed by atoms with Crippen LogP contribution in [0.3, 0.4) is 0 Å². The first-order valence-corrected chi connectivity index (χ1v) is 11.0. The molecule has 0 unspecified atom stereocenters. The molecule has 0 aliphatic rings. The van der Waals surface area contributed by atoms with E-state index in [0.717, 1.165) is 29.7 Å². The summed E-state index contributed by atoms with van der Waals surface area (Å²) in [6.07, 6.45) is 4.15. The molecule has 34 heavy (non-hydrogen) atoms. The Balaban J connectivity index is 1.17. The summed E-state index contributed by atoms with van der Waals surface area (Å²) in [4.78, 5) is 21.2. The number of carbonyl (C=O) groups is 1. The Kier molecular flexibility index (Phi) is 6.24. The van der Waals surface area contributed by atoms with Gasteiger partial charge in [0, 0.05) is 24.7 Å². The molecule has 0 spiro atoms. The fraction of sp³-hybridized carbons (Fsp3) is 0.160. The van der Waals surface area contributed by atoms with Crippen molar-refractivity contribution in [2.45, 2.75) is 13.0 Å². The largest absolute Gasteiger partial charge is 0.369 e. The molecule has 5 aromatic rings. The van der Waals surface area contributed by atoms with E-state index in [0.29, 0.717) is 24.5 Å². The van der Waals surface area contributed by atoms with Crippen molar-refractivity contribution < 1.29 is 9.32 Å². The number of carbonyl (C=O) groups excluding carboxylic acids is 1. The Morgan fingerprint density at radius 1 is 0.971 bits per heavy atom. The quantitative estimate of drug-likeness (QED) is 0.351. The van der Waals surface area contributed by atoms with Crippen LogP contribution in [0.1, 0.15) is 16.1 Å². The molecule has 0 radical (unpaired) electrons. The average Bonchev–Trinajstić information content (AvgIpc) is 3.54. The topological polar surface area (TPSA) is 111 Å². The molecule has 3 aromatic heterocycles. The van der Waals surface area contributed by atoms with E-state index in [9.17, 15) is 4.79 Å². The van der Waals surface area contributed by atoms with Gasteiger partial charge in [-0.05, 0) is 12.0 Å². The van der Waals surface area contributed by atoms with Crippen LogP contribution in [0, 0.1) is 0 Å². The lowest BCUT2D eigenvalue weighted by Gasteiger charge is -2.07. The highest BCUT2D eigenvalue weighted by Gasteiger charge is 2.14. The first-order valence-electron chi connectivity index (χ1n) is 11.0. The number of hydrogen-bond donors (Lipinski definition) is 2. The van der Waals surface area contributed by atoms with Crippen LogP contribution in [-0.4, -0.2) is 43.9 Å². The lowest BCUT2D eigenvalue weighted by atomic mass is 10.1. The van der Waals surface area contributed by atoms with Gasteiger partial charge in [-0.1, -0.05) is 65.8 Å². The number of aromatic nitrogens is 5. The molecule has 0 fully saturated rings. The number of anilines is 1. The van der Waals surface area contributed by atoms with Gasteiger partial charge in [0.25, 0.3) is 5.91 Å². The standard InChI is InChI=1S/C25H23N7O2/c33-25(21-15-22(34-31-21)19-9-5-2-6-10-19)27-13-14-32-24-20(16-30-32)23(28-17-29-24)26-12-11-18-7-3-1-4-8-18/h1-10,15-17H,11-14H2,(H,27,33)(H,26,28,29). The van der Waals surface area contributed by atoms with Gasteiger partial charge in [0.2, 0.25) is 0 Å². The Morgan fingerprint density at radius 3 is 2.59 bits per heavy atom. The van der Waals surface area contributed by atoms with E-state index in [1.165, 1.54) is 11.9 Å². The molecule has 170 valence electrons. The summed E-state index contributed by atoms with van der Waals surface area (Å²) in [6, 6.07) is 21.4. The number of rotatable bonds is 9. The van der Waals surface area contributed by atoms with Gasteiger partial charge in [0.1, 0.15) is 12.1 Å². The molecule has 0 saturated heterocycles. The van der Waals surface area contributed by atoms with Gasteiger partial charge in [-0.2, -0.15) is 5.10 Å². The van der Waals surface area contributed by atoms with Crippen molar-refractivity contribution in [3.05, 3.63) is 90.5 Å². The molecular formula is C25H23N7O2. The maximum atomic E-state index is 12.5. The monoisotopic (exact) mass is 453 g/mol. The predicted molar refractivity (Wildman–Crippen MR) is 128 cm³/mol. The second-order valence-corrected chi connectivity index (χ2v) is 7.69. The number of hydrogen-bond acceptors (Lipinski definition) is 7. The summed E-state index contributed by atoms with van der Waals surface area (Å²) in [7, 11) is 0. The van der Waals surface area contributed by atoms with Crippen LogP contribution in [0.25, 0.3) is 22.4 Å². The number of nitrogens with zero attached hydrogens (tertiary/aromatic N) is 5. The van der Waals surface area contributed by atoms with Gasteiger partial charge in [-0.25, -0.2) is 14.6 Å². The second kappa shape index (κ2) is 9.95. The van der Waals surface area contributed by atoms with Crippen molar-refractivity contribution in [1.82, 2.24) is 30.2 Å². The zero-order valence-electron chi connectivity index (χ0n) is 18.4. The maximum Gasteiger partial charge on any atom is 0.273 e. The van der Waals surface area contributed by atoms with Crippen molar-refractivity contribution >= 4 is 22.8 Å². The van der Waals surface area contributed by atoms with E-state index >= 15 is 0 Å². The van der Waals surface area contributed by atoms with E-state index in [4.69, 9.17) is 4.52 Å². The molecule has 0 aliphatic carbocycles. The maximum absolute atomic E-state index is 12.5. The van der Waals surface area contributed by atoms with Crippen LogP contribution in [0.4, 0.5) is 5.82 Å². The minimum atomic E-state index is -0.305. The highest BCUT2D eigenvalue weighted by molar-refractivity contribution is 5.93. The third-order valence-corrected chi connectivity index (χ3v) is 5.39. The van der Waals surface area contributed by atoms with Crippen LogP contribution in [-0.2, 0) is 13.0 Å². The number of benzene rings is 2. The van der Waals surface area contributed by atoms with E-state index in [1.807, 2.05) is 48.5 Å². The number of amides is 1. The fourth-order valence-corrected chi connectivity index (χ4v) is 3.65. The van der Waals surface area contributed by atoms with E-state index in [1.54, 1.807) is 16.9 Å². The zero-order chi connectivity index (χ0) is 23.2. The minimum absolute atomic E-state index is 0.233. The fourth-order valence-electron chi connectivity index (χ4n) is 3.65. The van der Waals surface area contributed by atoms with Crippen LogP contribution < -0.4 is 10.6 Å². The Labute approximate surface area is 195 Å². The van der Waals surface area contributed by atoms with Gasteiger partial charge < -0.3 is 15.2 Å². The SMILES string of the molecule is O=C(NCCn1ncc2c(NCCc3ccccc3)ncnc21)c1cc(-c2ccccc2)on1. The van der Waals surface area contributed by atoms with E-state index in [-0.39, 0.29) is 11.6 Å². The first-order chi connectivity index (χ1) is 16.8. The van der Waals surface area contributed by atoms with Crippen molar-refractivity contribution in [2.75, 3.05) is 18.4 Å². The van der Waals surface area contributed by atoms with Crippen molar-refractivity contribution in [1.29, 1.82) is 0 Å². The molecule has 3 heterocycles.